The summed E-state index contributed by atoms with van der Waals surface area (Å²) in [7, 11) is 1.64. The minimum atomic E-state index is -0.981. The lowest BCUT2D eigenvalue weighted by molar-refractivity contribution is 0.0371. The molecule has 1 aliphatic carbocycles. The molecular formula is C15H17ClN2O2. The van der Waals surface area contributed by atoms with Crippen molar-refractivity contribution in [3.63, 3.8) is 0 Å². The second-order valence-corrected chi connectivity index (χ2v) is 5.62. The van der Waals surface area contributed by atoms with Crippen LogP contribution < -0.4 is 0 Å². The molecule has 1 N–H and O–H groups in total. The van der Waals surface area contributed by atoms with Gasteiger partial charge in [0.15, 0.2) is 0 Å². The number of aromatic nitrogens is 2. The summed E-state index contributed by atoms with van der Waals surface area (Å²) in [5, 5.41) is 15.8. The van der Waals surface area contributed by atoms with Gasteiger partial charge < -0.3 is 9.84 Å². The van der Waals surface area contributed by atoms with Crippen LogP contribution in [0.2, 0.25) is 5.02 Å². The van der Waals surface area contributed by atoms with Crippen LogP contribution in [0, 0.1) is 0 Å². The molecule has 1 aromatic carbocycles. The fourth-order valence-corrected chi connectivity index (χ4v) is 3.25. The second-order valence-electron chi connectivity index (χ2n) is 5.21. The van der Waals surface area contributed by atoms with Gasteiger partial charge in [0.1, 0.15) is 5.60 Å². The Morgan fingerprint density at radius 3 is 2.60 bits per heavy atom. The lowest BCUT2D eigenvalue weighted by Crippen LogP contribution is -2.31. The van der Waals surface area contributed by atoms with Crippen molar-refractivity contribution in [2.45, 2.75) is 25.0 Å². The number of fused-ring (bicyclic) bond motifs is 1. The molecule has 4 nitrogen and oxygen atoms in total. The summed E-state index contributed by atoms with van der Waals surface area (Å²) >= 11 is 6.25. The Labute approximate surface area is 122 Å². The first-order valence-corrected chi connectivity index (χ1v) is 7.02. The van der Waals surface area contributed by atoms with E-state index in [1.54, 1.807) is 18.0 Å². The standard InChI is InChI=1S/C15H17ClN2O2/c1-20-7-6-18-14(13(16)10-17-18)15(19)8-11-4-2-3-5-12(11)9-15/h2-5,10,19H,6-9H2,1H3. The van der Waals surface area contributed by atoms with Crippen molar-refractivity contribution in [2.24, 2.45) is 0 Å². The van der Waals surface area contributed by atoms with Gasteiger partial charge in [0.25, 0.3) is 0 Å². The molecule has 0 saturated heterocycles. The van der Waals surface area contributed by atoms with Crippen molar-refractivity contribution < 1.29 is 9.84 Å². The Balaban J connectivity index is 1.96. The van der Waals surface area contributed by atoms with Crippen molar-refractivity contribution in [3.05, 3.63) is 52.3 Å². The van der Waals surface area contributed by atoms with Gasteiger partial charge in [-0.3, -0.25) is 4.68 Å². The van der Waals surface area contributed by atoms with Gasteiger partial charge in [0.2, 0.25) is 0 Å². The van der Waals surface area contributed by atoms with Crippen LogP contribution in [-0.4, -0.2) is 28.6 Å². The zero-order valence-electron chi connectivity index (χ0n) is 11.3. The van der Waals surface area contributed by atoms with Gasteiger partial charge >= 0.3 is 0 Å². The largest absolute Gasteiger partial charge is 0.383 e. The summed E-state index contributed by atoms with van der Waals surface area (Å²) in [6.45, 7) is 1.12. The maximum absolute atomic E-state index is 11.0. The summed E-state index contributed by atoms with van der Waals surface area (Å²) in [5.74, 6) is 0. The van der Waals surface area contributed by atoms with Gasteiger partial charge in [-0.1, -0.05) is 35.9 Å². The molecule has 1 heterocycles. The highest BCUT2D eigenvalue weighted by molar-refractivity contribution is 6.31. The first-order valence-electron chi connectivity index (χ1n) is 6.64. The van der Waals surface area contributed by atoms with Crippen LogP contribution in [0.1, 0.15) is 16.8 Å². The Morgan fingerprint density at radius 2 is 2.00 bits per heavy atom. The average molecular weight is 293 g/mol. The number of methoxy groups -OCH3 is 1. The number of hydrogen-bond acceptors (Lipinski definition) is 3. The number of aliphatic hydroxyl groups is 1. The molecule has 3 rings (SSSR count). The fourth-order valence-electron chi connectivity index (χ4n) is 2.93. The monoisotopic (exact) mass is 292 g/mol. The number of hydrogen-bond donors (Lipinski definition) is 1. The Bertz CT molecular complexity index is 599. The van der Waals surface area contributed by atoms with Gasteiger partial charge in [-0.25, -0.2) is 0 Å². The summed E-state index contributed by atoms with van der Waals surface area (Å²) in [6.07, 6.45) is 2.73. The number of ether oxygens (including phenoxy) is 1. The maximum atomic E-state index is 11.0. The number of nitrogens with zero attached hydrogens (tertiary/aromatic N) is 2. The quantitative estimate of drug-likeness (QED) is 0.939. The normalized spacial score (nSPS) is 16.4. The molecule has 0 unspecified atom stereocenters. The van der Waals surface area contributed by atoms with Crippen LogP contribution in [0.3, 0.4) is 0 Å². The van der Waals surface area contributed by atoms with E-state index in [1.165, 1.54) is 11.1 Å². The van der Waals surface area contributed by atoms with Crippen LogP contribution in [0.25, 0.3) is 0 Å². The molecule has 5 heteroatoms. The molecule has 1 aromatic heterocycles. The Hall–Kier alpha value is -1.36. The molecule has 0 spiro atoms. The van der Waals surface area contributed by atoms with E-state index in [9.17, 15) is 5.11 Å². The highest BCUT2D eigenvalue weighted by Gasteiger charge is 2.40. The fraction of sp³-hybridized carbons (Fsp3) is 0.400. The van der Waals surface area contributed by atoms with E-state index in [4.69, 9.17) is 16.3 Å². The van der Waals surface area contributed by atoms with E-state index in [-0.39, 0.29) is 0 Å². The predicted molar refractivity (Wildman–Crippen MR) is 76.9 cm³/mol. The van der Waals surface area contributed by atoms with Crippen LogP contribution in [0.15, 0.2) is 30.5 Å². The molecule has 0 atom stereocenters. The van der Waals surface area contributed by atoms with Crippen LogP contribution in [0.4, 0.5) is 0 Å². The smallest absolute Gasteiger partial charge is 0.116 e. The third-order valence-electron chi connectivity index (χ3n) is 3.83. The SMILES string of the molecule is COCCn1ncc(Cl)c1C1(O)Cc2ccccc2C1. The van der Waals surface area contributed by atoms with Crippen molar-refractivity contribution >= 4 is 11.6 Å². The maximum Gasteiger partial charge on any atom is 0.116 e. The molecule has 20 heavy (non-hydrogen) atoms. The number of halogens is 1. The molecule has 0 amide bonds. The topological polar surface area (TPSA) is 47.3 Å². The number of rotatable bonds is 4. The van der Waals surface area contributed by atoms with Crippen molar-refractivity contribution in [2.75, 3.05) is 13.7 Å². The minimum absolute atomic E-state index is 0.511. The molecule has 106 valence electrons. The molecule has 0 aliphatic heterocycles. The zero-order valence-corrected chi connectivity index (χ0v) is 12.1. The van der Waals surface area contributed by atoms with Gasteiger partial charge in [-0.15, -0.1) is 0 Å². The molecule has 1 aliphatic rings. The van der Waals surface area contributed by atoms with Crippen LogP contribution in [0.5, 0.6) is 0 Å². The molecular weight excluding hydrogens is 276 g/mol. The van der Waals surface area contributed by atoms with Gasteiger partial charge in [0, 0.05) is 20.0 Å². The number of benzene rings is 1. The summed E-state index contributed by atoms with van der Waals surface area (Å²) in [6, 6.07) is 8.09. The first-order chi connectivity index (χ1) is 9.64. The predicted octanol–water partition coefficient (Wildman–Crippen LogP) is 2.17. The summed E-state index contributed by atoms with van der Waals surface area (Å²) < 4.78 is 6.83. The molecule has 2 aromatic rings. The summed E-state index contributed by atoms with van der Waals surface area (Å²) in [4.78, 5) is 0. The third kappa shape index (κ3) is 2.24. The molecule has 0 bridgehead atoms. The van der Waals surface area contributed by atoms with E-state index in [0.29, 0.717) is 36.7 Å². The van der Waals surface area contributed by atoms with Gasteiger partial charge in [-0.2, -0.15) is 5.10 Å². The van der Waals surface area contributed by atoms with Crippen LogP contribution in [-0.2, 0) is 29.7 Å². The van der Waals surface area contributed by atoms with E-state index in [0.717, 1.165) is 0 Å². The van der Waals surface area contributed by atoms with Gasteiger partial charge in [0.05, 0.1) is 30.1 Å². The Morgan fingerprint density at radius 1 is 1.35 bits per heavy atom. The van der Waals surface area contributed by atoms with E-state index >= 15 is 0 Å². The lowest BCUT2D eigenvalue weighted by atomic mass is 9.96. The first kappa shape index (κ1) is 13.6. The third-order valence-corrected chi connectivity index (χ3v) is 4.10. The van der Waals surface area contributed by atoms with E-state index in [2.05, 4.69) is 17.2 Å². The van der Waals surface area contributed by atoms with Gasteiger partial charge in [-0.05, 0) is 11.1 Å². The van der Waals surface area contributed by atoms with E-state index in [1.807, 2.05) is 12.1 Å². The van der Waals surface area contributed by atoms with E-state index < -0.39 is 5.60 Å². The second kappa shape index (κ2) is 5.20. The van der Waals surface area contributed by atoms with Crippen molar-refractivity contribution in [1.29, 1.82) is 0 Å². The zero-order chi connectivity index (χ0) is 14.2. The highest BCUT2D eigenvalue weighted by Crippen LogP contribution is 2.40. The lowest BCUT2D eigenvalue weighted by Gasteiger charge is -2.24. The minimum Gasteiger partial charge on any atom is -0.383 e. The molecule has 0 fully saturated rings. The highest BCUT2D eigenvalue weighted by atomic mass is 35.5. The van der Waals surface area contributed by atoms with Crippen molar-refractivity contribution in [1.82, 2.24) is 9.78 Å². The van der Waals surface area contributed by atoms with Crippen molar-refractivity contribution in [3.8, 4) is 0 Å². The summed E-state index contributed by atoms with van der Waals surface area (Å²) in [5.41, 5.74) is 2.05. The Kier molecular flexibility index (Phi) is 3.54. The van der Waals surface area contributed by atoms with Crippen LogP contribution >= 0.6 is 11.6 Å². The molecule has 0 radical (unpaired) electrons. The average Bonchev–Trinajstić information content (AvgIpc) is 2.96. The molecule has 0 saturated carbocycles.